The third-order valence-electron chi connectivity index (χ3n) is 2.77. The SMILES string of the molecule is Cc1cccc([N+](=O)[O-])c1C(CN)NC(=O)OC(C)(C)C. The number of nitrogens with two attached hydrogens (primary N) is 1. The van der Waals surface area contributed by atoms with Gasteiger partial charge < -0.3 is 15.8 Å². The molecule has 1 amide bonds. The van der Waals surface area contributed by atoms with Gasteiger partial charge in [0.25, 0.3) is 5.69 Å². The Morgan fingerprint density at radius 3 is 2.57 bits per heavy atom. The van der Waals surface area contributed by atoms with Crippen LogP contribution in [0.2, 0.25) is 0 Å². The van der Waals surface area contributed by atoms with Crippen LogP contribution in [-0.4, -0.2) is 23.2 Å². The molecule has 21 heavy (non-hydrogen) atoms. The third-order valence-corrected chi connectivity index (χ3v) is 2.77. The molecule has 0 heterocycles. The molecule has 7 nitrogen and oxygen atoms in total. The van der Waals surface area contributed by atoms with Gasteiger partial charge >= 0.3 is 6.09 Å². The quantitative estimate of drug-likeness (QED) is 0.655. The molecule has 0 aliphatic rings. The Hall–Kier alpha value is -2.15. The minimum atomic E-state index is -0.679. The van der Waals surface area contributed by atoms with Gasteiger partial charge in [0.2, 0.25) is 0 Å². The van der Waals surface area contributed by atoms with Crippen LogP contribution in [0.5, 0.6) is 0 Å². The number of nitro groups is 1. The number of nitrogens with one attached hydrogen (secondary N) is 1. The molecule has 116 valence electrons. The van der Waals surface area contributed by atoms with E-state index in [1.54, 1.807) is 39.8 Å². The van der Waals surface area contributed by atoms with Crippen LogP contribution in [0.15, 0.2) is 18.2 Å². The standard InChI is InChI=1S/C14H21N3O4/c1-9-6-5-7-11(17(19)20)12(9)10(8-15)16-13(18)21-14(2,3)4/h5-7,10H,8,15H2,1-4H3,(H,16,18). The van der Waals surface area contributed by atoms with Crippen LogP contribution in [0.3, 0.4) is 0 Å². The van der Waals surface area contributed by atoms with Crippen molar-refractivity contribution >= 4 is 11.8 Å². The van der Waals surface area contributed by atoms with Crippen LogP contribution in [0.4, 0.5) is 10.5 Å². The molecule has 0 aliphatic carbocycles. The molecule has 0 radical (unpaired) electrons. The molecule has 1 rings (SSSR count). The van der Waals surface area contributed by atoms with Crippen molar-refractivity contribution < 1.29 is 14.5 Å². The second kappa shape index (κ2) is 6.53. The average molecular weight is 295 g/mol. The molecule has 0 saturated carbocycles. The molecule has 1 unspecified atom stereocenters. The van der Waals surface area contributed by atoms with Crippen molar-refractivity contribution in [1.82, 2.24) is 5.32 Å². The minimum absolute atomic E-state index is 0.0327. The highest BCUT2D eigenvalue weighted by molar-refractivity contribution is 5.69. The lowest BCUT2D eigenvalue weighted by Crippen LogP contribution is -2.38. The highest BCUT2D eigenvalue weighted by Gasteiger charge is 2.26. The number of alkyl carbamates (subject to hydrolysis) is 1. The zero-order valence-electron chi connectivity index (χ0n) is 12.7. The van der Waals surface area contributed by atoms with Crippen LogP contribution in [0, 0.1) is 17.0 Å². The van der Waals surface area contributed by atoms with Gasteiger partial charge in [-0.25, -0.2) is 4.79 Å². The van der Waals surface area contributed by atoms with E-state index in [0.29, 0.717) is 11.1 Å². The fourth-order valence-electron chi connectivity index (χ4n) is 1.98. The Kier molecular flexibility index (Phi) is 5.26. The van der Waals surface area contributed by atoms with Gasteiger partial charge in [-0.1, -0.05) is 12.1 Å². The molecule has 0 spiro atoms. The summed E-state index contributed by atoms with van der Waals surface area (Å²) in [5.41, 5.74) is 6.03. The molecule has 7 heteroatoms. The van der Waals surface area contributed by atoms with Gasteiger partial charge in [-0.2, -0.15) is 0 Å². The number of carbonyl (C=O) groups excluding carboxylic acids is 1. The molecule has 1 aromatic carbocycles. The molecule has 0 saturated heterocycles. The van der Waals surface area contributed by atoms with Crippen molar-refractivity contribution in [2.24, 2.45) is 5.73 Å². The minimum Gasteiger partial charge on any atom is -0.444 e. The summed E-state index contributed by atoms with van der Waals surface area (Å²) < 4.78 is 5.16. The van der Waals surface area contributed by atoms with Crippen LogP contribution >= 0.6 is 0 Å². The highest BCUT2D eigenvalue weighted by Crippen LogP contribution is 2.28. The zero-order chi connectivity index (χ0) is 16.2. The molecular formula is C14H21N3O4. The molecule has 1 aromatic rings. The largest absolute Gasteiger partial charge is 0.444 e. The van der Waals surface area contributed by atoms with Crippen molar-refractivity contribution in [2.75, 3.05) is 6.54 Å². The number of nitro benzene ring substituents is 1. The molecule has 0 aliphatic heterocycles. The number of hydrogen-bond donors (Lipinski definition) is 2. The number of rotatable bonds is 4. The monoisotopic (exact) mass is 295 g/mol. The molecule has 1 atom stereocenters. The summed E-state index contributed by atoms with van der Waals surface area (Å²) in [7, 11) is 0. The van der Waals surface area contributed by atoms with Crippen LogP contribution in [-0.2, 0) is 4.74 Å². The number of ether oxygens (including phenoxy) is 1. The van der Waals surface area contributed by atoms with Crippen LogP contribution in [0.25, 0.3) is 0 Å². The maximum absolute atomic E-state index is 11.8. The second-order valence-electron chi connectivity index (χ2n) is 5.70. The predicted octanol–water partition coefficient (Wildman–Crippen LogP) is 2.43. The fourth-order valence-corrected chi connectivity index (χ4v) is 1.98. The Morgan fingerprint density at radius 2 is 2.10 bits per heavy atom. The zero-order valence-corrected chi connectivity index (χ0v) is 12.7. The summed E-state index contributed by atoms with van der Waals surface area (Å²) in [6.07, 6.45) is -0.657. The summed E-state index contributed by atoms with van der Waals surface area (Å²) in [6, 6.07) is 4.04. The first-order chi connectivity index (χ1) is 9.65. The summed E-state index contributed by atoms with van der Waals surface area (Å²) in [6.45, 7) is 6.98. The number of benzene rings is 1. The molecular weight excluding hydrogens is 274 g/mol. The number of nitrogens with zero attached hydrogens (tertiary/aromatic N) is 1. The first-order valence-electron chi connectivity index (χ1n) is 6.59. The van der Waals surface area contributed by atoms with E-state index in [0.717, 1.165) is 0 Å². The van der Waals surface area contributed by atoms with Gasteiger partial charge in [-0.15, -0.1) is 0 Å². The lowest BCUT2D eigenvalue weighted by atomic mass is 9.99. The van der Waals surface area contributed by atoms with Gasteiger partial charge in [0.1, 0.15) is 5.60 Å². The van der Waals surface area contributed by atoms with E-state index in [1.807, 2.05) is 0 Å². The number of carbonyl (C=O) groups is 1. The van der Waals surface area contributed by atoms with Crippen molar-refractivity contribution in [3.05, 3.63) is 39.4 Å². The lowest BCUT2D eigenvalue weighted by Gasteiger charge is -2.23. The number of aryl methyl sites for hydroxylation is 1. The van der Waals surface area contributed by atoms with E-state index in [1.165, 1.54) is 6.07 Å². The van der Waals surface area contributed by atoms with E-state index in [2.05, 4.69) is 5.32 Å². The van der Waals surface area contributed by atoms with E-state index in [9.17, 15) is 14.9 Å². The fraction of sp³-hybridized carbons (Fsp3) is 0.500. The van der Waals surface area contributed by atoms with Crippen molar-refractivity contribution in [1.29, 1.82) is 0 Å². The van der Waals surface area contributed by atoms with E-state index in [4.69, 9.17) is 10.5 Å². The van der Waals surface area contributed by atoms with Crippen molar-refractivity contribution in [3.8, 4) is 0 Å². The molecule has 0 bridgehead atoms. The maximum Gasteiger partial charge on any atom is 0.408 e. The first kappa shape index (κ1) is 16.9. The third kappa shape index (κ3) is 4.71. The lowest BCUT2D eigenvalue weighted by molar-refractivity contribution is -0.385. The van der Waals surface area contributed by atoms with Gasteiger partial charge in [-0.05, 0) is 33.3 Å². The van der Waals surface area contributed by atoms with Gasteiger partial charge in [0, 0.05) is 12.6 Å². The van der Waals surface area contributed by atoms with Gasteiger partial charge in [0.15, 0.2) is 0 Å². The first-order valence-corrected chi connectivity index (χ1v) is 6.59. The van der Waals surface area contributed by atoms with Crippen LogP contribution < -0.4 is 11.1 Å². The predicted molar refractivity (Wildman–Crippen MR) is 79.0 cm³/mol. The highest BCUT2D eigenvalue weighted by atomic mass is 16.6. The van der Waals surface area contributed by atoms with Gasteiger partial charge in [-0.3, -0.25) is 10.1 Å². The number of hydrogen-bond acceptors (Lipinski definition) is 5. The molecule has 0 aromatic heterocycles. The van der Waals surface area contributed by atoms with Crippen molar-refractivity contribution in [3.63, 3.8) is 0 Å². The Balaban J connectivity index is 3.06. The van der Waals surface area contributed by atoms with E-state index in [-0.39, 0.29) is 12.2 Å². The van der Waals surface area contributed by atoms with E-state index < -0.39 is 22.7 Å². The molecule has 3 N–H and O–H groups in total. The Morgan fingerprint density at radius 1 is 1.48 bits per heavy atom. The summed E-state index contributed by atoms with van der Waals surface area (Å²) in [4.78, 5) is 22.5. The van der Waals surface area contributed by atoms with E-state index >= 15 is 0 Å². The van der Waals surface area contributed by atoms with Crippen molar-refractivity contribution in [2.45, 2.75) is 39.3 Å². The topological polar surface area (TPSA) is 107 Å². The average Bonchev–Trinajstić information content (AvgIpc) is 2.33. The summed E-state index contributed by atoms with van der Waals surface area (Å²) in [5, 5.41) is 13.7. The Labute approximate surface area is 123 Å². The second-order valence-corrected chi connectivity index (χ2v) is 5.70. The normalized spacial score (nSPS) is 12.6. The van der Waals surface area contributed by atoms with Crippen LogP contribution in [0.1, 0.15) is 37.9 Å². The Bertz CT molecular complexity index is 538. The summed E-state index contributed by atoms with van der Waals surface area (Å²) in [5.74, 6) is 0. The number of amides is 1. The molecule has 0 fully saturated rings. The smallest absolute Gasteiger partial charge is 0.408 e. The van der Waals surface area contributed by atoms with Gasteiger partial charge in [0.05, 0.1) is 16.5 Å². The summed E-state index contributed by atoms with van der Waals surface area (Å²) >= 11 is 0. The maximum atomic E-state index is 11.8.